The van der Waals surface area contributed by atoms with Crippen molar-refractivity contribution < 1.29 is 13.2 Å². The van der Waals surface area contributed by atoms with Crippen LogP contribution in [0.5, 0.6) is 5.75 Å². The molecule has 0 radical (unpaired) electrons. The van der Waals surface area contributed by atoms with Gasteiger partial charge in [-0.3, -0.25) is 4.90 Å². The van der Waals surface area contributed by atoms with E-state index in [0.717, 1.165) is 22.4 Å². The molecular weight excluding hydrogens is 322 g/mol. The van der Waals surface area contributed by atoms with Gasteiger partial charge in [-0.25, -0.2) is 8.42 Å². The molecule has 2 rings (SSSR count). The lowest BCUT2D eigenvalue weighted by Gasteiger charge is -2.25. The van der Waals surface area contributed by atoms with Gasteiger partial charge in [-0.05, 0) is 31.2 Å². The molecule has 0 aromatic heterocycles. The second-order valence-corrected chi connectivity index (χ2v) is 8.37. The summed E-state index contributed by atoms with van der Waals surface area (Å²) in [5, 5.41) is 0. The zero-order valence-corrected chi connectivity index (χ0v) is 15.5. The van der Waals surface area contributed by atoms with E-state index in [1.54, 1.807) is 7.11 Å². The van der Waals surface area contributed by atoms with Crippen molar-refractivity contribution in [2.75, 3.05) is 32.7 Å². The summed E-state index contributed by atoms with van der Waals surface area (Å²) in [7, 11) is 0.680. The van der Waals surface area contributed by atoms with E-state index in [0.29, 0.717) is 6.54 Å². The molecule has 0 aliphatic heterocycles. The van der Waals surface area contributed by atoms with Crippen LogP contribution in [-0.4, -0.2) is 46.0 Å². The average Bonchev–Trinajstić information content (AvgIpc) is 2.58. The van der Waals surface area contributed by atoms with Crippen LogP contribution in [-0.2, 0) is 9.84 Å². The fourth-order valence-electron chi connectivity index (χ4n) is 2.58. The number of methoxy groups -OCH3 is 1. The van der Waals surface area contributed by atoms with Gasteiger partial charge in [0.1, 0.15) is 15.6 Å². The number of ether oxygens (including phenoxy) is 1. The van der Waals surface area contributed by atoms with E-state index in [1.165, 1.54) is 6.26 Å². The molecular formula is C19H25NO3S. The van der Waals surface area contributed by atoms with Crippen LogP contribution < -0.4 is 4.74 Å². The molecule has 0 N–H and O–H groups in total. The standard InChI is InChI=1S/C19H25NO3S/c1-15(20(2)13-14-24(4,21)22)16-9-11-17(12-10-16)18-7-5-6-8-19(18)23-3/h5-12,15H,13-14H2,1-4H3/t15-/m0/s1. The third kappa shape index (κ3) is 4.82. The Hall–Kier alpha value is -1.85. The molecule has 2 aromatic rings. The lowest BCUT2D eigenvalue weighted by atomic mass is 10.0. The molecule has 1 atom stereocenters. The summed E-state index contributed by atoms with van der Waals surface area (Å²) in [5.74, 6) is 1.02. The van der Waals surface area contributed by atoms with Gasteiger partial charge in [-0.2, -0.15) is 0 Å². The van der Waals surface area contributed by atoms with Gasteiger partial charge in [-0.1, -0.05) is 42.5 Å². The quantitative estimate of drug-likeness (QED) is 0.770. The number of hydrogen-bond donors (Lipinski definition) is 0. The highest BCUT2D eigenvalue weighted by molar-refractivity contribution is 7.90. The topological polar surface area (TPSA) is 46.6 Å². The van der Waals surface area contributed by atoms with Crippen LogP contribution >= 0.6 is 0 Å². The first-order valence-electron chi connectivity index (χ1n) is 7.93. The highest BCUT2D eigenvalue weighted by Crippen LogP contribution is 2.30. The summed E-state index contributed by atoms with van der Waals surface area (Å²) in [6.07, 6.45) is 1.27. The molecule has 0 fully saturated rings. The molecule has 0 aliphatic rings. The van der Waals surface area contributed by atoms with E-state index in [1.807, 2.05) is 31.3 Å². The first-order valence-corrected chi connectivity index (χ1v) is 9.99. The predicted octanol–water partition coefficient (Wildman–Crippen LogP) is 3.40. The minimum absolute atomic E-state index is 0.151. The first-order chi connectivity index (χ1) is 11.3. The van der Waals surface area contributed by atoms with Crippen molar-refractivity contribution >= 4 is 9.84 Å². The normalized spacial score (nSPS) is 13.0. The van der Waals surface area contributed by atoms with Crippen LogP contribution in [0.2, 0.25) is 0 Å². The molecule has 4 nitrogen and oxygen atoms in total. The predicted molar refractivity (Wildman–Crippen MR) is 99.2 cm³/mol. The van der Waals surface area contributed by atoms with Gasteiger partial charge in [0.25, 0.3) is 0 Å². The van der Waals surface area contributed by atoms with Gasteiger partial charge < -0.3 is 4.74 Å². The maximum absolute atomic E-state index is 11.3. The van der Waals surface area contributed by atoms with E-state index in [2.05, 4.69) is 36.1 Å². The second-order valence-electron chi connectivity index (χ2n) is 6.11. The maximum Gasteiger partial charge on any atom is 0.148 e. The summed E-state index contributed by atoms with van der Waals surface area (Å²) in [5.41, 5.74) is 3.32. The Kier molecular flexibility index (Phi) is 6.02. The molecule has 0 saturated carbocycles. The fourth-order valence-corrected chi connectivity index (χ4v) is 3.20. The Bertz CT molecular complexity index is 769. The molecule has 0 unspecified atom stereocenters. The Labute approximate surface area is 145 Å². The first kappa shape index (κ1) is 18.5. The molecule has 2 aromatic carbocycles. The third-order valence-corrected chi connectivity index (χ3v) is 5.21. The van der Waals surface area contributed by atoms with E-state index >= 15 is 0 Å². The van der Waals surface area contributed by atoms with Crippen LogP contribution in [0.15, 0.2) is 48.5 Å². The van der Waals surface area contributed by atoms with Gasteiger partial charge in [0.15, 0.2) is 0 Å². The summed E-state index contributed by atoms with van der Waals surface area (Å²) in [6, 6.07) is 16.4. The van der Waals surface area contributed by atoms with Crippen molar-refractivity contribution in [3.05, 3.63) is 54.1 Å². The maximum atomic E-state index is 11.3. The molecule has 24 heavy (non-hydrogen) atoms. The fraction of sp³-hybridized carbons (Fsp3) is 0.368. The smallest absolute Gasteiger partial charge is 0.148 e. The lowest BCUT2D eigenvalue weighted by Crippen LogP contribution is -2.28. The van der Waals surface area contributed by atoms with Crippen LogP contribution in [0.25, 0.3) is 11.1 Å². The summed E-state index contributed by atoms with van der Waals surface area (Å²) in [4.78, 5) is 2.05. The number of hydrogen-bond acceptors (Lipinski definition) is 4. The summed E-state index contributed by atoms with van der Waals surface area (Å²) >= 11 is 0. The minimum atomic E-state index is -2.94. The third-order valence-electron chi connectivity index (χ3n) is 4.29. The highest BCUT2D eigenvalue weighted by Gasteiger charge is 2.14. The SMILES string of the molecule is COc1ccccc1-c1ccc([C@H](C)N(C)CCS(C)(=O)=O)cc1. The van der Waals surface area contributed by atoms with Gasteiger partial charge >= 0.3 is 0 Å². The van der Waals surface area contributed by atoms with Crippen molar-refractivity contribution in [3.8, 4) is 16.9 Å². The molecule has 0 bridgehead atoms. The van der Waals surface area contributed by atoms with Gasteiger partial charge in [0, 0.05) is 24.4 Å². The van der Waals surface area contributed by atoms with Crippen molar-refractivity contribution in [1.82, 2.24) is 4.90 Å². The number of nitrogens with zero attached hydrogens (tertiary/aromatic N) is 1. The lowest BCUT2D eigenvalue weighted by molar-refractivity contribution is 0.277. The highest BCUT2D eigenvalue weighted by atomic mass is 32.2. The molecule has 0 aliphatic carbocycles. The minimum Gasteiger partial charge on any atom is -0.496 e. The average molecular weight is 347 g/mol. The van der Waals surface area contributed by atoms with Crippen molar-refractivity contribution in [2.24, 2.45) is 0 Å². The van der Waals surface area contributed by atoms with Crippen LogP contribution in [0.3, 0.4) is 0 Å². The van der Waals surface area contributed by atoms with Crippen molar-refractivity contribution in [3.63, 3.8) is 0 Å². The van der Waals surface area contributed by atoms with E-state index in [-0.39, 0.29) is 11.8 Å². The van der Waals surface area contributed by atoms with Gasteiger partial charge in [0.2, 0.25) is 0 Å². The Morgan fingerprint density at radius 1 is 1.08 bits per heavy atom. The number of rotatable bonds is 7. The summed E-state index contributed by atoms with van der Waals surface area (Å²) in [6.45, 7) is 2.61. The van der Waals surface area contributed by atoms with Crippen LogP contribution in [0.1, 0.15) is 18.5 Å². The van der Waals surface area contributed by atoms with E-state index in [4.69, 9.17) is 4.74 Å². The largest absolute Gasteiger partial charge is 0.496 e. The molecule has 0 heterocycles. The molecule has 0 amide bonds. The molecule has 0 saturated heterocycles. The number of benzene rings is 2. The monoisotopic (exact) mass is 347 g/mol. The van der Waals surface area contributed by atoms with Gasteiger partial charge in [0.05, 0.1) is 12.9 Å². The Balaban J connectivity index is 2.14. The van der Waals surface area contributed by atoms with E-state index < -0.39 is 9.84 Å². The molecule has 5 heteroatoms. The Morgan fingerprint density at radius 3 is 2.29 bits per heavy atom. The Morgan fingerprint density at radius 2 is 1.71 bits per heavy atom. The second kappa shape index (κ2) is 7.81. The number of sulfone groups is 1. The summed E-state index contributed by atoms with van der Waals surface area (Å²) < 4.78 is 28.1. The molecule has 130 valence electrons. The zero-order valence-electron chi connectivity index (χ0n) is 14.7. The van der Waals surface area contributed by atoms with Crippen molar-refractivity contribution in [2.45, 2.75) is 13.0 Å². The van der Waals surface area contributed by atoms with E-state index in [9.17, 15) is 8.42 Å². The molecule has 0 spiro atoms. The zero-order chi connectivity index (χ0) is 17.7. The van der Waals surface area contributed by atoms with Gasteiger partial charge in [-0.15, -0.1) is 0 Å². The number of para-hydroxylation sites is 1. The van der Waals surface area contributed by atoms with Crippen LogP contribution in [0.4, 0.5) is 0 Å². The van der Waals surface area contributed by atoms with Crippen molar-refractivity contribution in [1.29, 1.82) is 0 Å². The van der Waals surface area contributed by atoms with Crippen LogP contribution in [0, 0.1) is 0 Å².